The second kappa shape index (κ2) is 18.3. The first-order chi connectivity index (χ1) is 28.4. The Morgan fingerprint density at radius 2 is 1.62 bits per heavy atom. The number of hydrogen-bond acceptors (Lipinski definition) is 10. The minimum Gasteiger partial charge on any atom is -0.391 e. The van der Waals surface area contributed by atoms with E-state index < -0.39 is 77.6 Å². The molecule has 1 aliphatic carbocycles. The standard InChI is InChI=1S/C42H55ClN8O9/c1-23-7-6-8-27(15-23)16-31(46-41(60)45-29-11-9-28(43)10-12-29)36(55)47-35(26(4)52)40(59)50-21-30(53)17-32(50)39(58)49-14-13-48(5)22-33(49)37(56)44-25(3)38(57)51-20-24(2)18-42(51)19-34(42)54/h6-12,15,24-26,30-33,35,52-53H,13-14,16-22H2,1-5H3,(H,44,56)(H,47,55)(H2,45,46,60)/t24-,25+,26+,30-,31+,32+,33+,35+,42-/m1/s1. The molecule has 3 saturated heterocycles. The molecule has 4 aliphatic rings. The molecule has 2 aromatic carbocycles. The Hall–Kier alpha value is -5.10. The third-order valence-electron chi connectivity index (χ3n) is 11.8. The van der Waals surface area contributed by atoms with Gasteiger partial charge in [-0.05, 0) is 70.0 Å². The van der Waals surface area contributed by atoms with Gasteiger partial charge in [-0.1, -0.05) is 48.4 Å². The number of aryl methyl sites for hydroxylation is 1. The molecule has 0 unspecified atom stereocenters. The van der Waals surface area contributed by atoms with Gasteiger partial charge in [-0.15, -0.1) is 0 Å². The fourth-order valence-corrected chi connectivity index (χ4v) is 8.78. The highest BCUT2D eigenvalue weighted by atomic mass is 35.5. The smallest absolute Gasteiger partial charge is 0.319 e. The van der Waals surface area contributed by atoms with E-state index in [1.807, 2.05) is 30.9 Å². The van der Waals surface area contributed by atoms with Crippen LogP contribution in [0.15, 0.2) is 48.5 Å². The molecule has 18 heteroatoms. The summed E-state index contributed by atoms with van der Waals surface area (Å²) in [6.45, 7) is 7.46. The number of urea groups is 1. The van der Waals surface area contributed by atoms with Crippen LogP contribution in [0.2, 0.25) is 5.02 Å². The van der Waals surface area contributed by atoms with Crippen molar-refractivity contribution in [2.24, 2.45) is 5.92 Å². The first kappa shape index (κ1) is 44.5. The van der Waals surface area contributed by atoms with Crippen molar-refractivity contribution >= 4 is 58.6 Å². The number of benzene rings is 2. The van der Waals surface area contributed by atoms with Gasteiger partial charge in [0, 0.05) is 62.7 Å². The number of ketones is 1. The van der Waals surface area contributed by atoms with Crippen molar-refractivity contribution in [2.75, 3.05) is 45.1 Å². The minimum atomic E-state index is -1.59. The topological polar surface area (TPSA) is 221 Å². The highest BCUT2D eigenvalue weighted by Gasteiger charge is 2.63. The van der Waals surface area contributed by atoms with Crippen LogP contribution in [0.1, 0.15) is 51.2 Å². The zero-order valence-electron chi connectivity index (χ0n) is 34.5. The first-order valence-electron chi connectivity index (χ1n) is 20.4. The largest absolute Gasteiger partial charge is 0.391 e. The summed E-state index contributed by atoms with van der Waals surface area (Å²) in [4.78, 5) is 102. The average molecular weight is 851 g/mol. The fourth-order valence-electron chi connectivity index (χ4n) is 8.65. The molecule has 3 aliphatic heterocycles. The summed E-state index contributed by atoms with van der Waals surface area (Å²) in [5.41, 5.74) is 1.25. The Labute approximate surface area is 354 Å². The number of rotatable bonds is 12. The van der Waals surface area contributed by atoms with E-state index >= 15 is 0 Å². The normalized spacial score (nSPS) is 25.9. The molecule has 3 heterocycles. The Balaban J connectivity index is 1.16. The lowest BCUT2D eigenvalue weighted by molar-refractivity contribution is -0.152. The summed E-state index contributed by atoms with van der Waals surface area (Å²) in [7, 11) is 1.79. The number of aliphatic hydroxyl groups excluding tert-OH is 2. The third-order valence-corrected chi connectivity index (χ3v) is 12.1. The molecule has 60 heavy (non-hydrogen) atoms. The van der Waals surface area contributed by atoms with Crippen molar-refractivity contribution in [3.05, 3.63) is 64.7 Å². The van der Waals surface area contributed by atoms with Gasteiger partial charge in [0.05, 0.1) is 12.2 Å². The molecule has 2 aromatic rings. The molecule has 0 bridgehead atoms. The number of carbonyl (C=O) groups excluding carboxylic acids is 7. The zero-order chi connectivity index (χ0) is 43.6. The minimum absolute atomic E-state index is 0.0102. The third kappa shape index (κ3) is 9.91. The summed E-state index contributed by atoms with van der Waals surface area (Å²) in [6, 6.07) is 6.86. The first-order valence-corrected chi connectivity index (χ1v) is 20.7. The number of Topliss-reactive ketones (excluding diaryl/α,β-unsaturated/α-hetero) is 1. The number of nitrogens with zero attached hydrogens (tertiary/aromatic N) is 4. The number of piperazine rings is 1. The van der Waals surface area contributed by atoms with Crippen molar-refractivity contribution < 1.29 is 43.8 Å². The molecule has 1 spiro atoms. The average Bonchev–Trinajstić information content (AvgIpc) is 3.47. The lowest BCUT2D eigenvalue weighted by Crippen LogP contribution is -2.65. The Kier molecular flexibility index (Phi) is 13.5. The van der Waals surface area contributed by atoms with Crippen molar-refractivity contribution in [3.8, 4) is 0 Å². The van der Waals surface area contributed by atoms with Crippen LogP contribution in [0.25, 0.3) is 0 Å². The molecular formula is C42H55ClN8O9. The van der Waals surface area contributed by atoms with E-state index in [0.29, 0.717) is 42.2 Å². The molecule has 9 atom stereocenters. The molecule has 6 rings (SSSR count). The van der Waals surface area contributed by atoms with E-state index in [4.69, 9.17) is 11.6 Å². The van der Waals surface area contributed by atoms with Gasteiger partial charge in [-0.2, -0.15) is 0 Å². The number of likely N-dealkylation sites (N-methyl/N-ethyl adjacent to an activating group) is 1. The number of carbonyl (C=O) groups is 7. The predicted octanol–water partition coefficient (Wildman–Crippen LogP) is 0.436. The summed E-state index contributed by atoms with van der Waals surface area (Å²) in [5, 5.41) is 32.9. The molecule has 0 radical (unpaired) electrons. The summed E-state index contributed by atoms with van der Waals surface area (Å²) < 4.78 is 0. The maximum atomic E-state index is 14.4. The Bertz CT molecular complexity index is 2000. The van der Waals surface area contributed by atoms with Crippen molar-refractivity contribution in [1.82, 2.24) is 35.6 Å². The van der Waals surface area contributed by atoms with Gasteiger partial charge >= 0.3 is 6.03 Å². The van der Waals surface area contributed by atoms with E-state index in [1.54, 1.807) is 55.3 Å². The number of amides is 7. The molecule has 4 fully saturated rings. The quantitative estimate of drug-likeness (QED) is 0.173. The predicted molar refractivity (Wildman–Crippen MR) is 220 cm³/mol. The monoisotopic (exact) mass is 850 g/mol. The van der Waals surface area contributed by atoms with Crippen molar-refractivity contribution in [2.45, 2.75) is 101 Å². The van der Waals surface area contributed by atoms with Crippen molar-refractivity contribution in [1.29, 1.82) is 0 Å². The van der Waals surface area contributed by atoms with Crippen LogP contribution in [0.4, 0.5) is 10.5 Å². The maximum Gasteiger partial charge on any atom is 0.319 e. The number of likely N-dealkylation sites (tertiary alicyclic amines) is 2. The SMILES string of the molecule is Cc1cccc(C[C@H](NC(=O)Nc2ccc(Cl)cc2)C(=O)N[C@H](C(=O)N2C[C@H](O)C[C@H]2C(=O)N2CCN(C)C[C@H]2C(=O)N[C@@H](C)C(=O)N2C[C@H](C)C[C@]23CC3=O)[C@H](C)O)c1. The van der Waals surface area contributed by atoms with Gasteiger partial charge in [-0.25, -0.2) is 4.79 Å². The van der Waals surface area contributed by atoms with Crippen LogP contribution >= 0.6 is 11.6 Å². The Morgan fingerprint density at radius 1 is 0.917 bits per heavy atom. The van der Waals surface area contributed by atoms with Crippen LogP contribution in [-0.4, -0.2) is 159 Å². The maximum absolute atomic E-state index is 14.4. The molecule has 1 saturated carbocycles. The number of hydrogen-bond donors (Lipinski definition) is 6. The van der Waals surface area contributed by atoms with Gasteiger partial charge in [0.25, 0.3) is 0 Å². The summed E-state index contributed by atoms with van der Waals surface area (Å²) in [5.74, 6) is -3.05. The van der Waals surface area contributed by atoms with E-state index in [9.17, 15) is 43.8 Å². The van der Waals surface area contributed by atoms with Gasteiger partial charge in [-0.3, -0.25) is 28.8 Å². The number of aliphatic hydroxyl groups is 2. The highest BCUT2D eigenvalue weighted by Crippen LogP contribution is 2.48. The van der Waals surface area contributed by atoms with Crippen LogP contribution in [0, 0.1) is 12.8 Å². The molecule has 17 nitrogen and oxygen atoms in total. The van der Waals surface area contributed by atoms with Crippen LogP contribution < -0.4 is 21.3 Å². The lowest BCUT2D eigenvalue weighted by Gasteiger charge is -2.42. The molecular weight excluding hydrogens is 796 g/mol. The number of β-amino-alcohol motifs (C(OH)–C–C–N with tert-alkyl or cyclic N) is 1. The molecule has 0 aromatic heterocycles. The van der Waals surface area contributed by atoms with Gasteiger partial charge in [0.15, 0.2) is 5.78 Å². The van der Waals surface area contributed by atoms with Crippen LogP contribution in [0.5, 0.6) is 0 Å². The second-order valence-electron chi connectivity index (χ2n) is 16.9. The van der Waals surface area contributed by atoms with E-state index in [-0.39, 0.29) is 50.1 Å². The van der Waals surface area contributed by atoms with Crippen LogP contribution in [0.3, 0.4) is 0 Å². The second-order valence-corrected chi connectivity index (χ2v) is 17.3. The van der Waals surface area contributed by atoms with Gasteiger partial charge in [0.1, 0.15) is 35.7 Å². The zero-order valence-corrected chi connectivity index (χ0v) is 35.3. The highest BCUT2D eigenvalue weighted by molar-refractivity contribution is 6.30. The number of anilines is 1. The fraction of sp³-hybridized carbons (Fsp3) is 0.548. The number of nitrogens with one attached hydrogen (secondary N) is 4. The Morgan fingerprint density at radius 3 is 2.27 bits per heavy atom. The summed E-state index contributed by atoms with van der Waals surface area (Å²) >= 11 is 5.98. The van der Waals surface area contributed by atoms with E-state index in [1.165, 1.54) is 11.8 Å². The molecule has 7 amide bonds. The number of halogens is 1. The molecule has 6 N–H and O–H groups in total. The van der Waals surface area contributed by atoms with Crippen molar-refractivity contribution in [3.63, 3.8) is 0 Å². The van der Waals surface area contributed by atoms with Gasteiger partial charge < -0.3 is 51.1 Å². The van der Waals surface area contributed by atoms with Crippen LogP contribution in [-0.2, 0) is 35.2 Å². The lowest BCUT2D eigenvalue weighted by atomic mass is 10.0. The van der Waals surface area contributed by atoms with E-state index in [2.05, 4.69) is 21.3 Å². The molecule has 324 valence electrons. The summed E-state index contributed by atoms with van der Waals surface area (Å²) in [6.07, 6.45) is -1.84. The van der Waals surface area contributed by atoms with E-state index in [0.717, 1.165) is 10.5 Å². The van der Waals surface area contributed by atoms with Gasteiger partial charge in [0.2, 0.25) is 29.5 Å².